The van der Waals surface area contributed by atoms with Gasteiger partial charge in [0.25, 0.3) is 5.91 Å². The number of nitrogens with zero attached hydrogens (tertiary/aromatic N) is 1. The third kappa shape index (κ3) is 4.18. The predicted octanol–water partition coefficient (Wildman–Crippen LogP) is 2.79. The van der Waals surface area contributed by atoms with Gasteiger partial charge in [-0.3, -0.25) is 14.7 Å². The third-order valence-corrected chi connectivity index (χ3v) is 3.70. The maximum absolute atomic E-state index is 12.4. The van der Waals surface area contributed by atoms with Gasteiger partial charge in [-0.15, -0.1) is 0 Å². The smallest absolute Gasteiger partial charge is 0.305 e. The van der Waals surface area contributed by atoms with E-state index in [1.54, 1.807) is 6.07 Å². The number of amides is 1. The molecule has 3 N–H and O–H groups in total. The molecule has 1 amide bonds. The van der Waals surface area contributed by atoms with Gasteiger partial charge in [0.05, 0.1) is 12.5 Å². The van der Waals surface area contributed by atoms with Crippen LogP contribution in [0.2, 0.25) is 0 Å². The molecule has 1 aromatic heterocycles. The van der Waals surface area contributed by atoms with E-state index in [-0.39, 0.29) is 23.9 Å². The Morgan fingerprint density at radius 2 is 2.00 bits per heavy atom. The summed E-state index contributed by atoms with van der Waals surface area (Å²) in [6.07, 6.45) is -0.182. The summed E-state index contributed by atoms with van der Waals surface area (Å²) >= 11 is 0. The molecule has 122 valence electrons. The predicted molar refractivity (Wildman–Crippen MR) is 86.3 cm³/mol. The number of aliphatic carboxylic acids is 1. The van der Waals surface area contributed by atoms with E-state index < -0.39 is 12.0 Å². The first-order valence-electron chi connectivity index (χ1n) is 7.52. The highest BCUT2D eigenvalue weighted by molar-refractivity contribution is 5.93. The SMILES string of the molecule is Cc1ccccc1C(CC(=O)O)NC(=O)c1cc(C(C)C)[nH]n1. The Morgan fingerprint density at radius 1 is 1.30 bits per heavy atom. The van der Waals surface area contributed by atoms with Gasteiger partial charge in [0, 0.05) is 5.69 Å². The summed E-state index contributed by atoms with van der Waals surface area (Å²) in [6, 6.07) is 8.51. The van der Waals surface area contributed by atoms with Crippen molar-refractivity contribution in [2.75, 3.05) is 0 Å². The van der Waals surface area contributed by atoms with Crippen molar-refractivity contribution in [2.24, 2.45) is 0 Å². The lowest BCUT2D eigenvalue weighted by Crippen LogP contribution is -2.31. The Labute approximate surface area is 134 Å². The van der Waals surface area contributed by atoms with Crippen molar-refractivity contribution < 1.29 is 14.7 Å². The highest BCUT2D eigenvalue weighted by Gasteiger charge is 2.21. The molecule has 6 heteroatoms. The first-order chi connectivity index (χ1) is 10.9. The van der Waals surface area contributed by atoms with Gasteiger partial charge in [-0.25, -0.2) is 0 Å². The van der Waals surface area contributed by atoms with Crippen LogP contribution in [-0.2, 0) is 4.79 Å². The number of aromatic amines is 1. The summed E-state index contributed by atoms with van der Waals surface area (Å²) in [4.78, 5) is 23.5. The second-order valence-corrected chi connectivity index (χ2v) is 5.84. The Morgan fingerprint density at radius 3 is 2.57 bits per heavy atom. The first-order valence-corrected chi connectivity index (χ1v) is 7.52. The van der Waals surface area contributed by atoms with Crippen LogP contribution >= 0.6 is 0 Å². The highest BCUT2D eigenvalue weighted by atomic mass is 16.4. The molecule has 0 aliphatic carbocycles. The van der Waals surface area contributed by atoms with Gasteiger partial charge in [-0.05, 0) is 30.0 Å². The molecular weight excluding hydrogens is 294 g/mol. The summed E-state index contributed by atoms with van der Waals surface area (Å²) < 4.78 is 0. The Hall–Kier alpha value is -2.63. The van der Waals surface area contributed by atoms with E-state index in [4.69, 9.17) is 5.11 Å². The molecule has 2 rings (SSSR count). The van der Waals surface area contributed by atoms with Crippen molar-refractivity contribution in [3.63, 3.8) is 0 Å². The summed E-state index contributed by atoms with van der Waals surface area (Å²) in [7, 11) is 0. The van der Waals surface area contributed by atoms with Gasteiger partial charge in [-0.1, -0.05) is 38.1 Å². The molecular formula is C17H21N3O3. The lowest BCUT2D eigenvalue weighted by atomic mass is 9.98. The zero-order chi connectivity index (χ0) is 17.0. The van der Waals surface area contributed by atoms with Crippen LogP contribution < -0.4 is 5.32 Å². The molecule has 1 atom stereocenters. The van der Waals surface area contributed by atoms with Crippen LogP contribution in [0.15, 0.2) is 30.3 Å². The number of carbonyl (C=O) groups excluding carboxylic acids is 1. The van der Waals surface area contributed by atoms with Crippen molar-refractivity contribution in [2.45, 2.75) is 39.2 Å². The van der Waals surface area contributed by atoms with Gasteiger partial charge in [-0.2, -0.15) is 5.10 Å². The number of carbonyl (C=O) groups is 2. The summed E-state index contributed by atoms with van der Waals surface area (Å²) in [6.45, 7) is 5.88. The standard InChI is InChI=1S/C17H21N3O3/c1-10(2)13-8-15(20-19-13)17(23)18-14(9-16(21)22)12-7-5-4-6-11(12)3/h4-8,10,14H,9H2,1-3H3,(H,18,23)(H,19,20)(H,21,22). The number of hydrogen-bond acceptors (Lipinski definition) is 3. The minimum Gasteiger partial charge on any atom is -0.481 e. The zero-order valence-electron chi connectivity index (χ0n) is 13.5. The molecule has 0 spiro atoms. The number of nitrogens with one attached hydrogen (secondary N) is 2. The molecule has 2 aromatic rings. The third-order valence-electron chi connectivity index (χ3n) is 3.70. The fourth-order valence-corrected chi connectivity index (χ4v) is 2.37. The molecule has 0 fully saturated rings. The van der Waals surface area contributed by atoms with E-state index in [2.05, 4.69) is 15.5 Å². The van der Waals surface area contributed by atoms with Crippen LogP contribution in [0, 0.1) is 6.92 Å². The minimum absolute atomic E-state index is 0.182. The Bertz CT molecular complexity index is 707. The van der Waals surface area contributed by atoms with Crippen LogP contribution in [0.25, 0.3) is 0 Å². The maximum Gasteiger partial charge on any atom is 0.305 e. The van der Waals surface area contributed by atoms with Crippen molar-refractivity contribution in [1.82, 2.24) is 15.5 Å². The van der Waals surface area contributed by atoms with Gasteiger partial charge in [0.1, 0.15) is 5.69 Å². The van der Waals surface area contributed by atoms with E-state index in [1.165, 1.54) is 0 Å². The molecule has 6 nitrogen and oxygen atoms in total. The first kappa shape index (κ1) is 16.7. The summed E-state index contributed by atoms with van der Waals surface area (Å²) in [5.74, 6) is -1.12. The fraction of sp³-hybridized carbons (Fsp3) is 0.353. The largest absolute Gasteiger partial charge is 0.481 e. The van der Waals surface area contributed by atoms with E-state index in [0.29, 0.717) is 0 Å². The lowest BCUT2D eigenvalue weighted by molar-refractivity contribution is -0.137. The highest BCUT2D eigenvalue weighted by Crippen LogP contribution is 2.21. The number of H-pyrrole nitrogens is 1. The van der Waals surface area contributed by atoms with Crippen LogP contribution in [0.4, 0.5) is 0 Å². The van der Waals surface area contributed by atoms with Crippen molar-refractivity contribution in [3.05, 3.63) is 52.8 Å². The second-order valence-electron chi connectivity index (χ2n) is 5.84. The number of hydrogen-bond donors (Lipinski definition) is 3. The Kier molecular flexibility index (Phi) is 5.16. The second kappa shape index (κ2) is 7.09. The topological polar surface area (TPSA) is 95.1 Å². The number of benzene rings is 1. The molecule has 0 saturated heterocycles. The molecule has 0 aliphatic rings. The van der Waals surface area contributed by atoms with Crippen molar-refractivity contribution in [3.8, 4) is 0 Å². The molecule has 0 radical (unpaired) electrons. The molecule has 1 heterocycles. The molecule has 0 saturated carbocycles. The number of carboxylic acids is 1. The average molecular weight is 315 g/mol. The van der Waals surface area contributed by atoms with Crippen molar-refractivity contribution in [1.29, 1.82) is 0 Å². The van der Waals surface area contributed by atoms with E-state index in [0.717, 1.165) is 16.8 Å². The molecule has 1 aromatic carbocycles. The fourth-order valence-electron chi connectivity index (χ4n) is 2.37. The molecule has 0 bridgehead atoms. The van der Waals surface area contributed by atoms with Crippen LogP contribution in [-0.4, -0.2) is 27.2 Å². The van der Waals surface area contributed by atoms with Gasteiger partial charge >= 0.3 is 5.97 Å². The normalized spacial score (nSPS) is 12.2. The van der Waals surface area contributed by atoms with Crippen LogP contribution in [0.1, 0.15) is 59.5 Å². The summed E-state index contributed by atoms with van der Waals surface area (Å²) in [5, 5.41) is 18.7. The van der Waals surface area contributed by atoms with Crippen LogP contribution in [0.3, 0.4) is 0 Å². The monoisotopic (exact) mass is 315 g/mol. The molecule has 1 unspecified atom stereocenters. The van der Waals surface area contributed by atoms with E-state index in [1.807, 2.05) is 45.0 Å². The van der Waals surface area contributed by atoms with Crippen LogP contribution in [0.5, 0.6) is 0 Å². The van der Waals surface area contributed by atoms with Crippen molar-refractivity contribution >= 4 is 11.9 Å². The average Bonchev–Trinajstić information content (AvgIpc) is 2.96. The quantitative estimate of drug-likeness (QED) is 0.764. The van der Waals surface area contributed by atoms with Gasteiger partial charge < -0.3 is 10.4 Å². The number of rotatable bonds is 6. The molecule has 23 heavy (non-hydrogen) atoms. The zero-order valence-corrected chi connectivity index (χ0v) is 13.5. The Balaban J connectivity index is 2.21. The minimum atomic E-state index is -0.969. The summed E-state index contributed by atoms with van der Waals surface area (Å²) in [5.41, 5.74) is 2.85. The number of aromatic nitrogens is 2. The molecule has 0 aliphatic heterocycles. The van der Waals surface area contributed by atoms with E-state index in [9.17, 15) is 9.59 Å². The van der Waals surface area contributed by atoms with E-state index >= 15 is 0 Å². The van der Waals surface area contributed by atoms with Gasteiger partial charge in [0.15, 0.2) is 0 Å². The van der Waals surface area contributed by atoms with Gasteiger partial charge in [0.2, 0.25) is 0 Å². The number of carboxylic acid groups (broad SMARTS) is 1. The maximum atomic E-state index is 12.4. The lowest BCUT2D eigenvalue weighted by Gasteiger charge is -2.18. The number of aryl methyl sites for hydroxylation is 1.